The minimum atomic E-state index is 0.0529. The number of aromatic nitrogens is 3. The number of hydrogen-bond acceptors (Lipinski definition) is 5. The molecule has 134 valence electrons. The van der Waals surface area contributed by atoms with Gasteiger partial charge in [0.15, 0.2) is 0 Å². The summed E-state index contributed by atoms with van der Waals surface area (Å²) in [6, 6.07) is 2.39. The van der Waals surface area contributed by atoms with E-state index in [-0.39, 0.29) is 11.9 Å². The quantitative estimate of drug-likeness (QED) is 0.831. The number of nitrogens with zero attached hydrogens (tertiary/aromatic N) is 5. The molecule has 7 heteroatoms. The molecule has 2 aromatic rings. The largest absolute Gasteiger partial charge is 0.361 e. The second kappa shape index (κ2) is 6.63. The average Bonchev–Trinajstić information content (AvgIpc) is 3.22. The normalized spacial score (nSPS) is 19.3. The molecule has 25 heavy (non-hydrogen) atoms. The first kappa shape index (κ1) is 16.3. The highest BCUT2D eigenvalue weighted by atomic mass is 16.5. The third-order valence-electron chi connectivity index (χ3n) is 5.32. The van der Waals surface area contributed by atoms with Crippen LogP contribution < -0.4 is 0 Å². The fourth-order valence-electron chi connectivity index (χ4n) is 3.56. The van der Waals surface area contributed by atoms with Crippen molar-refractivity contribution in [3.63, 3.8) is 0 Å². The number of rotatable bonds is 5. The number of aryl methyl sites for hydroxylation is 1. The van der Waals surface area contributed by atoms with E-state index >= 15 is 0 Å². The molecule has 3 heterocycles. The number of amides is 1. The Bertz CT molecular complexity index is 740. The molecule has 0 spiro atoms. The first-order chi connectivity index (χ1) is 12.1. The molecule has 1 aliphatic heterocycles. The standard InChI is InChI=1S/C18H25N5O2/c1-21-11-14(10-19-21)18(24)22(2)16-5-7-23(8-6-16)12-15-9-17(25-20-15)13-3-4-13/h9-11,13,16H,3-8,12H2,1-2H3. The van der Waals surface area contributed by atoms with E-state index in [2.05, 4.69) is 21.2 Å². The maximum Gasteiger partial charge on any atom is 0.257 e. The second-order valence-electron chi connectivity index (χ2n) is 7.32. The summed E-state index contributed by atoms with van der Waals surface area (Å²) < 4.78 is 7.10. The Balaban J connectivity index is 1.29. The molecular formula is C18H25N5O2. The van der Waals surface area contributed by atoms with E-state index in [9.17, 15) is 4.79 Å². The summed E-state index contributed by atoms with van der Waals surface area (Å²) in [4.78, 5) is 16.8. The number of carbonyl (C=O) groups is 1. The summed E-state index contributed by atoms with van der Waals surface area (Å²) in [6.07, 6.45) is 7.84. The lowest BCUT2D eigenvalue weighted by Crippen LogP contribution is -2.45. The molecule has 2 fully saturated rings. The SMILES string of the molecule is CN(C(=O)c1cnn(C)c1)C1CCN(Cc2cc(C3CC3)on2)CC1. The van der Waals surface area contributed by atoms with Crippen molar-refractivity contribution >= 4 is 5.91 Å². The zero-order valence-electron chi connectivity index (χ0n) is 14.9. The van der Waals surface area contributed by atoms with Crippen molar-refractivity contribution in [2.45, 2.75) is 44.2 Å². The maximum atomic E-state index is 12.5. The molecule has 0 radical (unpaired) electrons. The molecule has 1 saturated carbocycles. The first-order valence-electron chi connectivity index (χ1n) is 9.04. The van der Waals surface area contributed by atoms with Gasteiger partial charge in [-0.05, 0) is 25.7 Å². The zero-order chi connectivity index (χ0) is 17.4. The Hall–Kier alpha value is -2.15. The fraction of sp³-hybridized carbons (Fsp3) is 0.611. The van der Waals surface area contributed by atoms with E-state index < -0.39 is 0 Å². The molecular weight excluding hydrogens is 318 g/mol. The maximum absolute atomic E-state index is 12.5. The van der Waals surface area contributed by atoms with Crippen LogP contribution in [-0.4, -0.2) is 56.8 Å². The molecule has 2 aliphatic rings. The molecule has 1 saturated heterocycles. The van der Waals surface area contributed by atoms with E-state index in [1.807, 2.05) is 19.0 Å². The lowest BCUT2D eigenvalue weighted by Gasteiger charge is -2.36. The van der Waals surface area contributed by atoms with Gasteiger partial charge in [0.25, 0.3) is 5.91 Å². The van der Waals surface area contributed by atoms with E-state index in [1.54, 1.807) is 17.1 Å². The molecule has 7 nitrogen and oxygen atoms in total. The number of carbonyl (C=O) groups excluding carboxylic acids is 1. The van der Waals surface area contributed by atoms with Crippen molar-refractivity contribution < 1.29 is 9.32 Å². The van der Waals surface area contributed by atoms with Crippen molar-refractivity contribution in [3.8, 4) is 0 Å². The Labute approximate surface area is 147 Å². The minimum Gasteiger partial charge on any atom is -0.361 e. The Morgan fingerprint density at radius 3 is 2.72 bits per heavy atom. The summed E-state index contributed by atoms with van der Waals surface area (Å²) in [7, 11) is 3.73. The topological polar surface area (TPSA) is 67.4 Å². The van der Waals surface area contributed by atoms with Crippen LogP contribution >= 0.6 is 0 Å². The molecule has 0 atom stereocenters. The van der Waals surface area contributed by atoms with Crippen molar-refractivity contribution in [1.82, 2.24) is 24.7 Å². The van der Waals surface area contributed by atoms with Crippen LogP contribution in [0.1, 0.15) is 53.4 Å². The van der Waals surface area contributed by atoms with Gasteiger partial charge in [0.1, 0.15) is 5.76 Å². The van der Waals surface area contributed by atoms with Crippen LogP contribution in [0.15, 0.2) is 23.0 Å². The van der Waals surface area contributed by atoms with Crippen LogP contribution in [-0.2, 0) is 13.6 Å². The highest BCUT2D eigenvalue weighted by Gasteiger charge is 2.29. The third-order valence-corrected chi connectivity index (χ3v) is 5.32. The van der Waals surface area contributed by atoms with Crippen LogP contribution in [0.3, 0.4) is 0 Å². The molecule has 1 aliphatic carbocycles. The Kier molecular flexibility index (Phi) is 4.33. The molecule has 2 aromatic heterocycles. The van der Waals surface area contributed by atoms with Gasteiger partial charge < -0.3 is 9.42 Å². The zero-order valence-corrected chi connectivity index (χ0v) is 14.9. The third kappa shape index (κ3) is 3.61. The molecule has 4 rings (SSSR count). The van der Waals surface area contributed by atoms with Crippen LogP contribution in [0.5, 0.6) is 0 Å². The lowest BCUT2D eigenvalue weighted by atomic mass is 10.0. The van der Waals surface area contributed by atoms with E-state index in [1.165, 1.54) is 12.8 Å². The number of hydrogen-bond donors (Lipinski definition) is 0. The van der Waals surface area contributed by atoms with Gasteiger partial charge in [-0.2, -0.15) is 5.10 Å². The molecule has 0 N–H and O–H groups in total. The fourth-order valence-corrected chi connectivity index (χ4v) is 3.56. The van der Waals surface area contributed by atoms with E-state index in [4.69, 9.17) is 4.52 Å². The van der Waals surface area contributed by atoms with Crippen molar-refractivity contribution in [2.75, 3.05) is 20.1 Å². The smallest absolute Gasteiger partial charge is 0.257 e. The molecule has 0 bridgehead atoms. The van der Waals surface area contributed by atoms with Gasteiger partial charge in [-0.1, -0.05) is 5.16 Å². The average molecular weight is 343 g/mol. The van der Waals surface area contributed by atoms with E-state index in [0.29, 0.717) is 11.5 Å². The summed E-state index contributed by atoms with van der Waals surface area (Å²) in [5, 5.41) is 8.29. The number of piperidine rings is 1. The summed E-state index contributed by atoms with van der Waals surface area (Å²) in [6.45, 7) is 2.78. The highest BCUT2D eigenvalue weighted by molar-refractivity contribution is 5.93. The highest BCUT2D eigenvalue weighted by Crippen LogP contribution is 2.40. The van der Waals surface area contributed by atoms with Crippen molar-refractivity contribution in [2.24, 2.45) is 7.05 Å². The lowest BCUT2D eigenvalue weighted by molar-refractivity contribution is 0.0634. The van der Waals surface area contributed by atoms with Gasteiger partial charge >= 0.3 is 0 Å². The van der Waals surface area contributed by atoms with Gasteiger partial charge in [0.2, 0.25) is 0 Å². The molecule has 0 unspecified atom stereocenters. The predicted molar refractivity (Wildman–Crippen MR) is 92.1 cm³/mol. The summed E-state index contributed by atoms with van der Waals surface area (Å²) >= 11 is 0. The van der Waals surface area contributed by atoms with Crippen LogP contribution in [0, 0.1) is 0 Å². The second-order valence-corrected chi connectivity index (χ2v) is 7.32. The van der Waals surface area contributed by atoms with Gasteiger partial charge in [-0.25, -0.2) is 0 Å². The summed E-state index contributed by atoms with van der Waals surface area (Å²) in [5.41, 5.74) is 1.68. The van der Waals surface area contributed by atoms with Gasteiger partial charge in [-0.15, -0.1) is 0 Å². The molecule has 1 amide bonds. The van der Waals surface area contributed by atoms with E-state index in [0.717, 1.165) is 43.9 Å². The molecule has 0 aromatic carbocycles. The predicted octanol–water partition coefficient (Wildman–Crippen LogP) is 2.02. The minimum absolute atomic E-state index is 0.0529. The van der Waals surface area contributed by atoms with Crippen LogP contribution in [0.4, 0.5) is 0 Å². The van der Waals surface area contributed by atoms with Crippen LogP contribution in [0.2, 0.25) is 0 Å². The van der Waals surface area contributed by atoms with Gasteiger partial charge in [-0.3, -0.25) is 14.4 Å². The van der Waals surface area contributed by atoms with Crippen molar-refractivity contribution in [1.29, 1.82) is 0 Å². The first-order valence-corrected chi connectivity index (χ1v) is 9.04. The Morgan fingerprint density at radius 1 is 1.32 bits per heavy atom. The van der Waals surface area contributed by atoms with Gasteiger partial charge in [0.05, 0.1) is 17.5 Å². The van der Waals surface area contributed by atoms with Gasteiger partial charge in [0, 0.05) is 58.0 Å². The number of likely N-dealkylation sites (tertiary alicyclic amines) is 1. The summed E-state index contributed by atoms with van der Waals surface area (Å²) in [5.74, 6) is 1.71. The monoisotopic (exact) mass is 343 g/mol. The Morgan fingerprint density at radius 2 is 2.08 bits per heavy atom. The van der Waals surface area contributed by atoms with Crippen molar-refractivity contribution in [3.05, 3.63) is 35.5 Å². The van der Waals surface area contributed by atoms with Crippen LogP contribution in [0.25, 0.3) is 0 Å².